The lowest BCUT2D eigenvalue weighted by Gasteiger charge is -2.28. The molecule has 3 aromatic rings. The van der Waals surface area contributed by atoms with Crippen molar-refractivity contribution in [2.75, 3.05) is 18.0 Å². The molecule has 3 heterocycles. The van der Waals surface area contributed by atoms with Crippen LogP contribution >= 0.6 is 0 Å². The van der Waals surface area contributed by atoms with Gasteiger partial charge in [0.15, 0.2) is 0 Å². The first kappa shape index (κ1) is 15.8. The Morgan fingerprint density at radius 3 is 2.56 bits per heavy atom. The molecule has 128 valence electrons. The van der Waals surface area contributed by atoms with Crippen LogP contribution in [0.4, 0.5) is 5.69 Å². The Hall–Kier alpha value is -2.73. The molecule has 4 rings (SSSR count). The molecule has 0 radical (unpaired) electrons. The lowest BCUT2D eigenvalue weighted by molar-refractivity contribution is 0.432. The van der Waals surface area contributed by atoms with Gasteiger partial charge >= 0.3 is 0 Å². The van der Waals surface area contributed by atoms with Crippen LogP contribution in [-0.4, -0.2) is 28.2 Å². The van der Waals surface area contributed by atoms with Crippen molar-refractivity contribution >= 4 is 5.69 Å². The van der Waals surface area contributed by atoms with Crippen LogP contribution in [0.15, 0.2) is 47.1 Å². The number of hydrogen-bond donors (Lipinski definition) is 1. The molecule has 1 aliphatic heterocycles. The van der Waals surface area contributed by atoms with Gasteiger partial charge in [-0.05, 0) is 55.7 Å². The summed E-state index contributed by atoms with van der Waals surface area (Å²) in [4.78, 5) is 11.1. The van der Waals surface area contributed by atoms with Gasteiger partial charge in [-0.2, -0.15) is 4.98 Å². The van der Waals surface area contributed by atoms with Gasteiger partial charge in [0.25, 0.3) is 5.89 Å². The van der Waals surface area contributed by atoms with E-state index in [-0.39, 0.29) is 0 Å². The molecule has 0 atom stereocenters. The van der Waals surface area contributed by atoms with E-state index in [0.717, 1.165) is 29.9 Å². The molecule has 0 unspecified atom stereocenters. The lowest BCUT2D eigenvalue weighted by atomic mass is 10.1. The normalized spacial score (nSPS) is 14.7. The Balaban J connectivity index is 1.55. The van der Waals surface area contributed by atoms with E-state index in [9.17, 15) is 0 Å². The van der Waals surface area contributed by atoms with Crippen LogP contribution in [0, 0.1) is 0 Å². The highest BCUT2D eigenvalue weighted by atomic mass is 16.5. The first-order valence-corrected chi connectivity index (χ1v) is 8.68. The van der Waals surface area contributed by atoms with E-state index in [4.69, 9.17) is 10.3 Å². The van der Waals surface area contributed by atoms with E-state index < -0.39 is 0 Å². The zero-order chi connectivity index (χ0) is 17.1. The van der Waals surface area contributed by atoms with E-state index in [1.807, 2.05) is 12.1 Å². The van der Waals surface area contributed by atoms with Crippen molar-refractivity contribution < 1.29 is 4.52 Å². The predicted molar refractivity (Wildman–Crippen MR) is 96.9 cm³/mol. The summed E-state index contributed by atoms with van der Waals surface area (Å²) in [6, 6.07) is 12.1. The van der Waals surface area contributed by atoms with Gasteiger partial charge in [-0.1, -0.05) is 5.16 Å². The molecule has 6 nitrogen and oxygen atoms in total. The van der Waals surface area contributed by atoms with Crippen molar-refractivity contribution in [2.24, 2.45) is 5.73 Å². The molecule has 1 aliphatic rings. The largest absolute Gasteiger partial charge is 0.372 e. The Labute approximate surface area is 146 Å². The third-order valence-electron chi connectivity index (χ3n) is 4.55. The standard InChI is InChI=1S/C19H21N5O/c20-13-16-12-15(8-9-21-16)19-22-18(23-25-19)14-4-6-17(7-5-14)24-10-2-1-3-11-24/h4-9,12H,1-3,10-11,13,20H2. The molecule has 0 bridgehead atoms. The molecule has 1 saturated heterocycles. The van der Waals surface area contributed by atoms with Crippen molar-refractivity contribution in [3.8, 4) is 22.8 Å². The van der Waals surface area contributed by atoms with Crippen molar-refractivity contribution in [2.45, 2.75) is 25.8 Å². The average Bonchev–Trinajstić information content (AvgIpc) is 3.19. The van der Waals surface area contributed by atoms with E-state index in [1.165, 1.54) is 24.9 Å². The van der Waals surface area contributed by atoms with Gasteiger partial charge in [-0.15, -0.1) is 0 Å². The third kappa shape index (κ3) is 3.39. The molecule has 0 spiro atoms. The Bertz CT molecular complexity index is 837. The van der Waals surface area contributed by atoms with Gasteiger partial charge in [0.2, 0.25) is 5.82 Å². The summed E-state index contributed by atoms with van der Waals surface area (Å²) < 4.78 is 5.41. The van der Waals surface area contributed by atoms with Crippen molar-refractivity contribution in [3.05, 3.63) is 48.3 Å². The predicted octanol–water partition coefficient (Wildman–Crippen LogP) is 3.25. The van der Waals surface area contributed by atoms with Crippen molar-refractivity contribution in [3.63, 3.8) is 0 Å². The first-order valence-electron chi connectivity index (χ1n) is 8.68. The second-order valence-corrected chi connectivity index (χ2v) is 6.26. The smallest absolute Gasteiger partial charge is 0.258 e. The zero-order valence-corrected chi connectivity index (χ0v) is 14.1. The number of piperidine rings is 1. The molecule has 25 heavy (non-hydrogen) atoms. The molecule has 0 aliphatic carbocycles. The van der Waals surface area contributed by atoms with Crippen LogP contribution in [0.25, 0.3) is 22.8 Å². The molecule has 2 aromatic heterocycles. The summed E-state index contributed by atoms with van der Waals surface area (Å²) in [7, 11) is 0. The van der Waals surface area contributed by atoms with E-state index in [2.05, 4.69) is 44.3 Å². The van der Waals surface area contributed by atoms with Crippen LogP contribution in [0.5, 0.6) is 0 Å². The summed E-state index contributed by atoms with van der Waals surface area (Å²) in [5.74, 6) is 1.07. The second-order valence-electron chi connectivity index (χ2n) is 6.26. The molecule has 1 aromatic carbocycles. The number of nitrogens with zero attached hydrogens (tertiary/aromatic N) is 4. The maximum Gasteiger partial charge on any atom is 0.258 e. The SMILES string of the molecule is NCc1cc(-c2nc(-c3ccc(N4CCCCC4)cc3)no2)ccn1. The van der Waals surface area contributed by atoms with Gasteiger partial charge in [0.05, 0.1) is 5.69 Å². The summed E-state index contributed by atoms with van der Waals surface area (Å²) in [6.45, 7) is 2.65. The number of aromatic nitrogens is 3. The van der Waals surface area contributed by atoms with Gasteiger partial charge in [0.1, 0.15) is 0 Å². The molecule has 0 saturated carbocycles. The highest BCUT2D eigenvalue weighted by Crippen LogP contribution is 2.25. The third-order valence-corrected chi connectivity index (χ3v) is 4.55. The summed E-state index contributed by atoms with van der Waals surface area (Å²) in [5, 5.41) is 4.11. The maximum absolute atomic E-state index is 5.64. The number of anilines is 1. The molecule has 0 amide bonds. The van der Waals surface area contributed by atoms with Crippen molar-refractivity contribution in [1.29, 1.82) is 0 Å². The minimum atomic E-state index is 0.382. The number of hydrogen-bond acceptors (Lipinski definition) is 6. The first-order chi connectivity index (χ1) is 12.3. The highest BCUT2D eigenvalue weighted by molar-refractivity contribution is 5.62. The number of rotatable bonds is 4. The highest BCUT2D eigenvalue weighted by Gasteiger charge is 2.13. The number of benzene rings is 1. The van der Waals surface area contributed by atoms with Crippen LogP contribution in [-0.2, 0) is 6.54 Å². The summed E-state index contributed by atoms with van der Waals surface area (Å²) in [6.07, 6.45) is 5.58. The fraction of sp³-hybridized carbons (Fsp3) is 0.316. The van der Waals surface area contributed by atoms with Gasteiger partial charge in [-0.3, -0.25) is 4.98 Å². The van der Waals surface area contributed by atoms with Gasteiger partial charge in [0, 0.05) is 42.6 Å². The zero-order valence-electron chi connectivity index (χ0n) is 14.1. The maximum atomic E-state index is 5.64. The van der Waals surface area contributed by atoms with Gasteiger partial charge < -0.3 is 15.2 Å². The van der Waals surface area contributed by atoms with Crippen LogP contribution < -0.4 is 10.6 Å². The Morgan fingerprint density at radius 2 is 1.80 bits per heavy atom. The molecule has 2 N–H and O–H groups in total. The Morgan fingerprint density at radius 1 is 1.00 bits per heavy atom. The van der Waals surface area contributed by atoms with E-state index >= 15 is 0 Å². The topological polar surface area (TPSA) is 81.1 Å². The molecular formula is C19H21N5O. The summed E-state index contributed by atoms with van der Waals surface area (Å²) in [5.41, 5.74) is 9.47. The van der Waals surface area contributed by atoms with Crippen molar-refractivity contribution in [1.82, 2.24) is 15.1 Å². The Kier molecular flexibility index (Phi) is 4.43. The monoisotopic (exact) mass is 335 g/mol. The minimum Gasteiger partial charge on any atom is -0.372 e. The van der Waals surface area contributed by atoms with Crippen LogP contribution in [0.1, 0.15) is 25.0 Å². The van der Waals surface area contributed by atoms with E-state index in [1.54, 1.807) is 6.20 Å². The number of nitrogens with two attached hydrogens (primary N) is 1. The quantitative estimate of drug-likeness (QED) is 0.788. The molecule has 6 heteroatoms. The molecular weight excluding hydrogens is 314 g/mol. The fourth-order valence-corrected chi connectivity index (χ4v) is 3.15. The van der Waals surface area contributed by atoms with Crippen LogP contribution in [0.3, 0.4) is 0 Å². The molecule has 1 fully saturated rings. The fourth-order valence-electron chi connectivity index (χ4n) is 3.15. The van der Waals surface area contributed by atoms with E-state index in [0.29, 0.717) is 18.3 Å². The number of pyridine rings is 1. The second kappa shape index (κ2) is 7.03. The van der Waals surface area contributed by atoms with Gasteiger partial charge in [-0.25, -0.2) is 0 Å². The lowest BCUT2D eigenvalue weighted by Crippen LogP contribution is -2.29. The van der Waals surface area contributed by atoms with Crippen LogP contribution in [0.2, 0.25) is 0 Å². The average molecular weight is 335 g/mol. The minimum absolute atomic E-state index is 0.382. The summed E-state index contributed by atoms with van der Waals surface area (Å²) >= 11 is 0.